The van der Waals surface area contributed by atoms with E-state index < -0.39 is 0 Å². The highest BCUT2D eigenvalue weighted by atomic mass is 16.1. The molecule has 2 N–H and O–H groups in total. The van der Waals surface area contributed by atoms with Gasteiger partial charge in [-0.2, -0.15) is 0 Å². The van der Waals surface area contributed by atoms with Crippen LogP contribution in [0.4, 0.5) is 5.69 Å². The van der Waals surface area contributed by atoms with Crippen LogP contribution in [0.2, 0.25) is 0 Å². The first-order chi connectivity index (χ1) is 6.83. The highest BCUT2D eigenvalue weighted by Gasteiger charge is 1.97. The molecule has 0 unspecified atom stereocenters. The Labute approximate surface area is 83.7 Å². The van der Waals surface area contributed by atoms with Crippen LogP contribution in [0, 0.1) is 0 Å². The zero-order valence-electron chi connectivity index (χ0n) is 8.29. The third kappa shape index (κ3) is 3.89. The second-order valence-corrected chi connectivity index (χ2v) is 2.87. The van der Waals surface area contributed by atoms with Crippen molar-refractivity contribution in [1.82, 2.24) is 10.3 Å². The van der Waals surface area contributed by atoms with Gasteiger partial charge in [-0.05, 0) is 19.1 Å². The molecule has 0 aliphatic carbocycles. The average Bonchev–Trinajstić information content (AvgIpc) is 2.20. The lowest BCUT2D eigenvalue weighted by molar-refractivity contribution is -0.120. The molecule has 0 fully saturated rings. The van der Waals surface area contributed by atoms with Gasteiger partial charge < -0.3 is 10.6 Å². The molecule has 1 aromatic rings. The molecule has 0 radical (unpaired) electrons. The summed E-state index contributed by atoms with van der Waals surface area (Å²) in [5.74, 6) is 0.0778. The summed E-state index contributed by atoms with van der Waals surface area (Å²) in [6.45, 7) is 3.25. The summed E-state index contributed by atoms with van der Waals surface area (Å²) in [4.78, 5) is 15.0. The Balaban J connectivity index is 2.19. The third-order valence-electron chi connectivity index (χ3n) is 1.74. The number of anilines is 1. The molecular formula is C10H15N3O. The Hall–Kier alpha value is -1.58. The largest absolute Gasteiger partial charge is 0.384 e. The number of aromatic nitrogens is 1. The predicted molar refractivity (Wildman–Crippen MR) is 56.0 cm³/mol. The number of nitrogens with one attached hydrogen (secondary N) is 2. The standard InChI is InChI=1S/C10H15N3O/c1-2-12-10(14)5-8-13-9-3-6-11-7-4-9/h3-4,6-7H,2,5,8H2,1H3,(H,11,13)(H,12,14). The van der Waals surface area contributed by atoms with Crippen molar-refractivity contribution >= 4 is 11.6 Å². The lowest BCUT2D eigenvalue weighted by Gasteiger charge is -2.05. The van der Waals surface area contributed by atoms with Crippen LogP contribution in [0.3, 0.4) is 0 Å². The van der Waals surface area contributed by atoms with Gasteiger partial charge in [0.25, 0.3) is 0 Å². The van der Waals surface area contributed by atoms with Crippen molar-refractivity contribution in [3.63, 3.8) is 0 Å². The number of pyridine rings is 1. The summed E-state index contributed by atoms with van der Waals surface area (Å²) in [7, 11) is 0. The van der Waals surface area contributed by atoms with Crippen LogP contribution < -0.4 is 10.6 Å². The second kappa shape index (κ2) is 5.96. The van der Waals surface area contributed by atoms with Crippen molar-refractivity contribution in [2.24, 2.45) is 0 Å². The number of nitrogens with zero attached hydrogens (tertiary/aromatic N) is 1. The smallest absolute Gasteiger partial charge is 0.221 e. The SMILES string of the molecule is CCNC(=O)CCNc1ccncc1. The highest BCUT2D eigenvalue weighted by Crippen LogP contribution is 2.02. The van der Waals surface area contributed by atoms with Crippen molar-refractivity contribution < 1.29 is 4.79 Å². The van der Waals surface area contributed by atoms with E-state index in [4.69, 9.17) is 0 Å². The Bertz CT molecular complexity index is 274. The van der Waals surface area contributed by atoms with Gasteiger partial charge in [-0.25, -0.2) is 0 Å². The average molecular weight is 193 g/mol. The summed E-state index contributed by atoms with van der Waals surface area (Å²) < 4.78 is 0. The van der Waals surface area contributed by atoms with E-state index in [0.29, 0.717) is 19.5 Å². The molecule has 1 amide bonds. The van der Waals surface area contributed by atoms with Crippen molar-refractivity contribution in [3.05, 3.63) is 24.5 Å². The maximum Gasteiger partial charge on any atom is 0.221 e. The van der Waals surface area contributed by atoms with Crippen molar-refractivity contribution in [3.8, 4) is 0 Å². The third-order valence-corrected chi connectivity index (χ3v) is 1.74. The molecule has 0 spiro atoms. The van der Waals surface area contributed by atoms with E-state index in [1.165, 1.54) is 0 Å². The van der Waals surface area contributed by atoms with E-state index in [9.17, 15) is 4.79 Å². The van der Waals surface area contributed by atoms with Gasteiger partial charge in [0.15, 0.2) is 0 Å². The summed E-state index contributed by atoms with van der Waals surface area (Å²) in [6.07, 6.45) is 3.93. The second-order valence-electron chi connectivity index (χ2n) is 2.87. The van der Waals surface area contributed by atoms with Gasteiger partial charge in [-0.1, -0.05) is 0 Å². The van der Waals surface area contributed by atoms with E-state index in [-0.39, 0.29) is 5.91 Å². The van der Waals surface area contributed by atoms with Gasteiger partial charge in [-0.3, -0.25) is 9.78 Å². The van der Waals surface area contributed by atoms with Crippen LogP contribution in [0.25, 0.3) is 0 Å². The molecule has 4 nitrogen and oxygen atoms in total. The van der Waals surface area contributed by atoms with Crippen LogP contribution in [0.5, 0.6) is 0 Å². The minimum absolute atomic E-state index is 0.0778. The zero-order valence-corrected chi connectivity index (χ0v) is 8.29. The van der Waals surface area contributed by atoms with Gasteiger partial charge in [0.05, 0.1) is 0 Å². The van der Waals surface area contributed by atoms with Crippen molar-refractivity contribution in [1.29, 1.82) is 0 Å². The fraction of sp³-hybridized carbons (Fsp3) is 0.400. The quantitative estimate of drug-likeness (QED) is 0.734. The van der Waals surface area contributed by atoms with Gasteiger partial charge in [0.1, 0.15) is 0 Å². The van der Waals surface area contributed by atoms with E-state index in [1.807, 2.05) is 19.1 Å². The molecule has 0 saturated carbocycles. The van der Waals surface area contributed by atoms with E-state index in [2.05, 4.69) is 15.6 Å². The number of amides is 1. The molecule has 0 aliphatic heterocycles. The molecule has 4 heteroatoms. The molecule has 76 valence electrons. The zero-order chi connectivity index (χ0) is 10.2. The topological polar surface area (TPSA) is 54.0 Å². The van der Waals surface area contributed by atoms with Gasteiger partial charge in [0, 0.05) is 37.6 Å². The molecule has 0 saturated heterocycles. The molecule has 1 heterocycles. The van der Waals surface area contributed by atoms with Crippen LogP contribution in [0.1, 0.15) is 13.3 Å². The van der Waals surface area contributed by atoms with Crippen molar-refractivity contribution in [2.75, 3.05) is 18.4 Å². The van der Waals surface area contributed by atoms with Crippen LogP contribution in [-0.2, 0) is 4.79 Å². The molecule has 0 aliphatic rings. The molecule has 1 aromatic heterocycles. The Kier molecular flexibility index (Phi) is 4.47. The first-order valence-corrected chi connectivity index (χ1v) is 4.73. The molecule has 0 bridgehead atoms. The summed E-state index contributed by atoms with van der Waals surface area (Å²) in [5, 5.41) is 5.87. The minimum Gasteiger partial charge on any atom is -0.384 e. The van der Waals surface area contributed by atoms with Gasteiger partial charge >= 0.3 is 0 Å². The first-order valence-electron chi connectivity index (χ1n) is 4.73. The molecule has 0 aromatic carbocycles. The fourth-order valence-corrected chi connectivity index (χ4v) is 1.08. The van der Waals surface area contributed by atoms with Gasteiger partial charge in [0.2, 0.25) is 5.91 Å². The van der Waals surface area contributed by atoms with Gasteiger partial charge in [-0.15, -0.1) is 0 Å². The number of hydrogen-bond acceptors (Lipinski definition) is 3. The van der Waals surface area contributed by atoms with Crippen LogP contribution in [-0.4, -0.2) is 24.0 Å². The molecule has 1 rings (SSSR count). The van der Waals surface area contributed by atoms with E-state index >= 15 is 0 Å². The Morgan fingerprint density at radius 3 is 2.79 bits per heavy atom. The summed E-state index contributed by atoms with van der Waals surface area (Å²) in [5.41, 5.74) is 0.990. The monoisotopic (exact) mass is 193 g/mol. The normalized spacial score (nSPS) is 9.50. The number of carbonyl (C=O) groups is 1. The predicted octanol–water partition coefficient (Wildman–Crippen LogP) is 1.02. The molecular weight excluding hydrogens is 178 g/mol. The maximum absolute atomic E-state index is 11.1. The minimum atomic E-state index is 0.0778. The summed E-state index contributed by atoms with van der Waals surface area (Å²) in [6, 6.07) is 3.75. The Morgan fingerprint density at radius 2 is 2.14 bits per heavy atom. The lowest BCUT2D eigenvalue weighted by atomic mass is 10.3. The lowest BCUT2D eigenvalue weighted by Crippen LogP contribution is -2.24. The Morgan fingerprint density at radius 1 is 1.43 bits per heavy atom. The van der Waals surface area contributed by atoms with Crippen LogP contribution in [0.15, 0.2) is 24.5 Å². The maximum atomic E-state index is 11.1. The van der Waals surface area contributed by atoms with E-state index in [0.717, 1.165) is 5.69 Å². The van der Waals surface area contributed by atoms with E-state index in [1.54, 1.807) is 12.4 Å². The molecule has 0 atom stereocenters. The molecule has 14 heavy (non-hydrogen) atoms. The highest BCUT2D eigenvalue weighted by molar-refractivity contribution is 5.76. The number of carbonyl (C=O) groups excluding carboxylic acids is 1. The number of hydrogen-bond donors (Lipinski definition) is 2. The van der Waals surface area contributed by atoms with Crippen molar-refractivity contribution in [2.45, 2.75) is 13.3 Å². The fourth-order valence-electron chi connectivity index (χ4n) is 1.08. The number of rotatable bonds is 5. The summed E-state index contributed by atoms with van der Waals surface area (Å²) >= 11 is 0. The first kappa shape index (κ1) is 10.5. The van der Waals surface area contributed by atoms with Crippen LogP contribution >= 0.6 is 0 Å².